The van der Waals surface area contributed by atoms with Crippen LogP contribution in [0.15, 0.2) is 0 Å². The molecule has 0 aliphatic carbocycles. The summed E-state index contributed by atoms with van der Waals surface area (Å²) in [6.45, 7) is 0.340. The Morgan fingerprint density at radius 3 is 1.35 bits per heavy atom. The van der Waals surface area contributed by atoms with Gasteiger partial charge in [-0.25, -0.2) is 9.13 Å². The van der Waals surface area contributed by atoms with E-state index in [1.807, 2.05) is 0 Å². The third-order valence-electron chi connectivity index (χ3n) is 14.7. The maximum absolute atomic E-state index is 14.0. The molecule has 0 spiro atoms. The minimum Gasteiger partial charge on any atom is -0.394 e. The predicted octanol–water partition coefficient (Wildman–Crippen LogP) is -10.4. The number of aliphatic hydroxyl groups is 15. The summed E-state index contributed by atoms with van der Waals surface area (Å²) in [7, 11) is -10.8. The predicted molar refractivity (Wildman–Crippen MR) is 268 cm³/mol. The Bertz CT molecular complexity index is 2200. The molecule has 32 atom stereocenters. The zero-order valence-electron chi connectivity index (χ0n) is 46.1. The van der Waals surface area contributed by atoms with Crippen LogP contribution in [-0.2, 0) is 84.2 Å². The van der Waals surface area contributed by atoms with E-state index in [1.54, 1.807) is 0 Å². The molecule has 0 saturated carbocycles. The lowest BCUT2D eigenvalue weighted by molar-refractivity contribution is -0.374. The number of ether oxygens (including phenoxy) is 10. The second kappa shape index (κ2) is 31.4. The monoisotopic (exact) mass is 1290 g/mol. The van der Waals surface area contributed by atoms with Gasteiger partial charge in [-0.05, 0) is 39.7 Å². The van der Waals surface area contributed by atoms with Gasteiger partial charge in [0.05, 0.1) is 45.2 Å². The van der Waals surface area contributed by atoms with E-state index in [4.69, 9.17) is 71.2 Å². The quantitative estimate of drug-likeness (QED) is 0.0282. The fourth-order valence-corrected chi connectivity index (χ4v) is 12.0. The summed E-state index contributed by atoms with van der Waals surface area (Å²) >= 11 is 0. The van der Waals surface area contributed by atoms with Crippen LogP contribution in [0.4, 0.5) is 0 Å². The van der Waals surface area contributed by atoms with Gasteiger partial charge in [-0.1, -0.05) is 0 Å². The van der Waals surface area contributed by atoms with Gasteiger partial charge in [0.25, 0.3) is 0 Å². The minimum absolute atomic E-state index is 0.241. The van der Waals surface area contributed by atoms with Crippen LogP contribution in [-0.4, -0.2) is 322 Å². The molecule has 2 amide bonds. The van der Waals surface area contributed by atoms with Crippen LogP contribution in [0.1, 0.15) is 47.0 Å². The van der Waals surface area contributed by atoms with Crippen LogP contribution in [0.3, 0.4) is 0 Å². The molecule has 496 valence electrons. The molecule has 2 unspecified atom stereocenters. The first kappa shape index (κ1) is 72.2. The van der Waals surface area contributed by atoms with Crippen molar-refractivity contribution in [1.82, 2.24) is 10.6 Å². The van der Waals surface area contributed by atoms with E-state index in [0.29, 0.717) is 25.8 Å². The Kier molecular flexibility index (Phi) is 26.7. The lowest BCUT2D eigenvalue weighted by Gasteiger charge is -2.49. The zero-order valence-corrected chi connectivity index (χ0v) is 47.9. The molecule has 6 aliphatic rings. The number of nitrogens with two attached hydrogens (primary N) is 1. The Morgan fingerprint density at radius 2 is 0.847 bits per heavy atom. The highest BCUT2D eigenvalue weighted by molar-refractivity contribution is 7.47. The van der Waals surface area contributed by atoms with Crippen LogP contribution in [0, 0.1) is 0 Å². The van der Waals surface area contributed by atoms with Gasteiger partial charge in [0.2, 0.25) is 11.8 Å². The number of hydrogen-bond acceptors (Lipinski definition) is 34. The molecule has 0 aromatic rings. The number of amides is 2. The van der Waals surface area contributed by atoms with E-state index in [0.717, 1.165) is 13.8 Å². The first-order chi connectivity index (χ1) is 39.9. The van der Waals surface area contributed by atoms with Crippen molar-refractivity contribution in [3.05, 3.63) is 0 Å². The van der Waals surface area contributed by atoms with Crippen molar-refractivity contribution < 1.29 is 171 Å². The highest BCUT2D eigenvalue weighted by atomic mass is 31.2. The second-order valence-electron chi connectivity index (χ2n) is 21.0. The number of unbranched alkanes of at least 4 members (excludes halogenated alkanes) is 2. The van der Waals surface area contributed by atoms with E-state index in [9.17, 15) is 105 Å². The van der Waals surface area contributed by atoms with Crippen LogP contribution in [0.25, 0.3) is 0 Å². The molecule has 38 nitrogen and oxygen atoms in total. The number of carbonyl (C=O) groups is 2. The molecule has 6 fully saturated rings. The van der Waals surface area contributed by atoms with Gasteiger partial charge < -0.3 is 150 Å². The van der Waals surface area contributed by atoms with Gasteiger partial charge in [0.15, 0.2) is 37.7 Å². The number of carbonyl (C=O) groups excluding carboxylic acids is 2. The minimum atomic E-state index is -5.84. The lowest BCUT2D eigenvalue weighted by Crippen LogP contribution is -2.68. The number of phosphoric ester groups is 2. The molecule has 85 heavy (non-hydrogen) atoms. The van der Waals surface area contributed by atoms with Crippen LogP contribution < -0.4 is 16.4 Å². The molecule has 6 heterocycles. The Balaban J connectivity index is 1.13. The van der Waals surface area contributed by atoms with Gasteiger partial charge >= 0.3 is 15.6 Å². The Labute approximate surface area is 484 Å². The number of phosphoric acid groups is 2. The van der Waals surface area contributed by atoms with Crippen molar-refractivity contribution >= 4 is 27.5 Å². The van der Waals surface area contributed by atoms with Crippen molar-refractivity contribution in [3.63, 3.8) is 0 Å². The van der Waals surface area contributed by atoms with Gasteiger partial charge in [-0.3, -0.25) is 27.7 Å². The van der Waals surface area contributed by atoms with Crippen molar-refractivity contribution in [2.24, 2.45) is 5.73 Å². The largest absolute Gasteiger partial charge is 0.475 e. The maximum Gasteiger partial charge on any atom is 0.475 e. The third kappa shape index (κ3) is 17.6. The third-order valence-corrected chi connectivity index (χ3v) is 16.6. The lowest BCUT2D eigenvalue weighted by atomic mass is 9.95. The van der Waals surface area contributed by atoms with E-state index in [1.165, 1.54) is 13.8 Å². The molecule has 21 N–H and O–H groups in total. The standard InChI is InChI=1S/C45H81N3O35P2/c1-14-24(55)29(60)39(80-43-33(64)31(62)35(20(12-51)76-43)77-40-22(47-16(3)53)27(58)26(57)18(10-49)73-40)45(72-14)83-85(68,69)81-37-21(13-52)74-41(23(28(37)59)48-17(4)54)78-36-19(11-50)75-42(32(63)30(36)61)79-38-25(56)15(2)71-44(34(38)65)82-84(66,67)70-9-7-5-6-8-46/h14-15,18-45,49-52,55-65H,5-13,46H2,1-4H3,(H,47,53)(H,48,54)(H,66,67)(H,68,69)/t14-,15-,18+,19+,20+,21+,22-,23-,24-,25-,26+,27+,28+,29+,30+,31+,32+,33+,34+,35+,36+,37+,38+,39+,40-,41-,42+,43+,44-,45-/m0/s1. The van der Waals surface area contributed by atoms with Crippen LogP contribution in [0.5, 0.6) is 0 Å². The number of aliphatic hydroxyl groups excluding tert-OH is 15. The summed E-state index contributed by atoms with van der Waals surface area (Å²) in [5, 5.41) is 168. The fraction of sp³-hybridized carbons (Fsp3) is 0.956. The molecule has 0 aromatic heterocycles. The van der Waals surface area contributed by atoms with E-state index in [-0.39, 0.29) is 6.61 Å². The first-order valence-electron chi connectivity index (χ1n) is 27.0. The molecule has 6 rings (SSSR count). The topological polar surface area (TPSA) is 591 Å². The summed E-state index contributed by atoms with van der Waals surface area (Å²) < 4.78 is 104. The van der Waals surface area contributed by atoms with Crippen LogP contribution >= 0.6 is 15.6 Å². The second-order valence-corrected chi connectivity index (χ2v) is 23.7. The van der Waals surface area contributed by atoms with Crippen molar-refractivity contribution in [2.75, 3.05) is 39.6 Å². The zero-order chi connectivity index (χ0) is 63.2. The average Bonchev–Trinajstić information content (AvgIpc) is 1.73. The molecular formula is C45H81N3O35P2. The van der Waals surface area contributed by atoms with E-state index in [2.05, 4.69) is 10.6 Å². The number of rotatable bonds is 26. The molecule has 6 saturated heterocycles. The summed E-state index contributed by atoms with van der Waals surface area (Å²) in [5.41, 5.74) is 5.45. The van der Waals surface area contributed by atoms with Gasteiger partial charge in [-0.2, -0.15) is 0 Å². The summed E-state index contributed by atoms with van der Waals surface area (Å²) in [5.74, 6) is -1.69. The fourth-order valence-electron chi connectivity index (χ4n) is 10.1. The van der Waals surface area contributed by atoms with Crippen LogP contribution in [0.2, 0.25) is 0 Å². The van der Waals surface area contributed by atoms with Gasteiger partial charge in [0, 0.05) is 13.8 Å². The Morgan fingerprint density at radius 1 is 0.424 bits per heavy atom. The molecule has 6 aliphatic heterocycles. The molecule has 0 aromatic carbocycles. The number of hydrogen-bond donors (Lipinski definition) is 20. The molecule has 0 bridgehead atoms. The smallest absolute Gasteiger partial charge is 0.394 e. The SMILES string of the molecule is CC(=O)N[C@@H]1[C@H](O[C@H]2[C@H](O)[C@@H](O)[C@@H](O[C@@H]3[C@@H](O)[C@H](C)O[C@@H](OP(=O)(O)OCCCCCN)[C@@H]3O)O[C@@H]2CO)O[C@H](CO)[C@@H](OP(=O)(O)O[C@@H]2O[C@@H](C)[C@H](O)[C@@H](O)[C@H]2O[C@H]2O[C@H](CO)[C@@H](O[C@@H]3O[C@H](CO)[C@@H](O)[C@H](O)[C@@H]3NC(C)=O)[C@H](O)[C@H]2O)[C@@H]1O. The van der Waals surface area contributed by atoms with E-state index >= 15 is 0 Å². The molecule has 40 heteroatoms. The summed E-state index contributed by atoms with van der Waals surface area (Å²) in [6, 6.07) is -3.50. The van der Waals surface area contributed by atoms with Crippen molar-refractivity contribution in [3.8, 4) is 0 Å². The Hall–Kier alpha value is -1.88. The highest BCUT2D eigenvalue weighted by Gasteiger charge is 2.58. The molecule has 0 radical (unpaired) electrons. The highest BCUT2D eigenvalue weighted by Crippen LogP contribution is 2.51. The summed E-state index contributed by atoms with van der Waals surface area (Å²) in [6.07, 6.45) is -53.4. The normalized spacial score (nSPS) is 46.0. The number of nitrogens with one attached hydrogen (secondary N) is 2. The first-order valence-corrected chi connectivity index (χ1v) is 30.0. The van der Waals surface area contributed by atoms with E-state index < -0.39 is 238 Å². The van der Waals surface area contributed by atoms with Crippen molar-refractivity contribution in [2.45, 2.75) is 231 Å². The van der Waals surface area contributed by atoms with Gasteiger partial charge in [0.1, 0.15) is 134 Å². The molecular weight excluding hydrogens is 1200 g/mol. The average molecular weight is 1290 g/mol. The van der Waals surface area contributed by atoms with Crippen molar-refractivity contribution in [1.29, 1.82) is 0 Å². The van der Waals surface area contributed by atoms with Gasteiger partial charge in [-0.15, -0.1) is 0 Å². The maximum atomic E-state index is 14.0. The summed E-state index contributed by atoms with van der Waals surface area (Å²) in [4.78, 5) is 46.2.